The Morgan fingerprint density at radius 2 is 2.05 bits per heavy atom. The number of hydrogen-bond acceptors (Lipinski definition) is 3. The fourth-order valence-corrected chi connectivity index (χ4v) is 2.28. The van der Waals surface area contributed by atoms with Gasteiger partial charge in [0.25, 0.3) is 0 Å². The Hall–Kier alpha value is -0.610. The third-order valence-corrected chi connectivity index (χ3v) is 3.40. The molecule has 19 heavy (non-hydrogen) atoms. The predicted molar refractivity (Wildman–Crippen MR) is 78.2 cm³/mol. The Morgan fingerprint density at radius 3 is 2.53 bits per heavy atom. The molecule has 1 unspecified atom stereocenters. The molecular formula is C15H30N2O2. The third-order valence-electron chi connectivity index (χ3n) is 3.40. The summed E-state index contributed by atoms with van der Waals surface area (Å²) in [7, 11) is 0. The van der Waals surface area contributed by atoms with Crippen LogP contribution in [0.3, 0.4) is 0 Å². The zero-order valence-electron chi connectivity index (χ0n) is 13.2. The number of hydrogen-bond donors (Lipinski definition) is 1. The van der Waals surface area contributed by atoms with E-state index < -0.39 is 0 Å². The first-order valence-electron chi connectivity index (χ1n) is 7.46. The predicted octanol–water partition coefficient (Wildman–Crippen LogP) is 2.18. The van der Waals surface area contributed by atoms with E-state index in [2.05, 4.69) is 19.2 Å². The summed E-state index contributed by atoms with van der Waals surface area (Å²) in [6.45, 7) is 12.1. The largest absolute Gasteiger partial charge is 0.366 e. The molecule has 1 fully saturated rings. The maximum absolute atomic E-state index is 12.3. The van der Waals surface area contributed by atoms with Gasteiger partial charge in [0.15, 0.2) is 0 Å². The molecule has 0 aromatic rings. The van der Waals surface area contributed by atoms with Gasteiger partial charge in [0.1, 0.15) is 6.61 Å². The first-order valence-corrected chi connectivity index (χ1v) is 7.46. The summed E-state index contributed by atoms with van der Waals surface area (Å²) in [5.41, 5.74) is -0.263. The summed E-state index contributed by atoms with van der Waals surface area (Å²) in [6, 6.07) is 0.662. The summed E-state index contributed by atoms with van der Waals surface area (Å²) in [6.07, 6.45) is 3.67. The van der Waals surface area contributed by atoms with Gasteiger partial charge in [-0.1, -0.05) is 6.42 Å². The zero-order valence-corrected chi connectivity index (χ0v) is 13.2. The number of carbonyl (C=O) groups is 1. The van der Waals surface area contributed by atoms with Gasteiger partial charge in [0.05, 0.1) is 5.60 Å². The molecule has 1 N–H and O–H groups in total. The van der Waals surface area contributed by atoms with Crippen LogP contribution in [0.5, 0.6) is 0 Å². The number of amides is 1. The van der Waals surface area contributed by atoms with Gasteiger partial charge >= 0.3 is 0 Å². The van der Waals surface area contributed by atoms with Crippen molar-refractivity contribution in [1.82, 2.24) is 10.2 Å². The molecule has 112 valence electrons. The molecule has 1 heterocycles. The highest BCUT2D eigenvalue weighted by Gasteiger charge is 2.24. The highest BCUT2D eigenvalue weighted by Crippen LogP contribution is 2.12. The van der Waals surface area contributed by atoms with Crippen molar-refractivity contribution in [3.63, 3.8) is 0 Å². The summed E-state index contributed by atoms with van der Waals surface area (Å²) in [4.78, 5) is 14.2. The third kappa shape index (κ3) is 6.39. The molecule has 4 nitrogen and oxygen atoms in total. The Kier molecular flexibility index (Phi) is 6.27. The molecule has 1 aliphatic heterocycles. The lowest BCUT2D eigenvalue weighted by molar-refractivity contribution is -0.143. The van der Waals surface area contributed by atoms with Crippen LogP contribution in [0.25, 0.3) is 0 Å². The summed E-state index contributed by atoms with van der Waals surface area (Å²) < 4.78 is 5.60. The average molecular weight is 270 g/mol. The average Bonchev–Trinajstić information content (AvgIpc) is 2.33. The number of nitrogens with one attached hydrogen (secondary N) is 1. The first-order chi connectivity index (χ1) is 8.79. The minimum Gasteiger partial charge on any atom is -0.366 e. The second kappa shape index (κ2) is 7.25. The smallest absolute Gasteiger partial charge is 0.248 e. The van der Waals surface area contributed by atoms with Crippen molar-refractivity contribution in [1.29, 1.82) is 0 Å². The van der Waals surface area contributed by atoms with E-state index in [0.29, 0.717) is 6.04 Å². The molecule has 0 saturated carbocycles. The van der Waals surface area contributed by atoms with Crippen LogP contribution in [0.15, 0.2) is 0 Å². The van der Waals surface area contributed by atoms with E-state index in [1.54, 1.807) is 0 Å². The van der Waals surface area contributed by atoms with Crippen molar-refractivity contribution in [2.45, 2.75) is 71.6 Å². The van der Waals surface area contributed by atoms with Crippen LogP contribution in [0.4, 0.5) is 0 Å². The number of rotatable bonds is 5. The highest BCUT2D eigenvalue weighted by atomic mass is 16.5. The Labute approximate surface area is 117 Å². The minimum absolute atomic E-state index is 0.0947. The summed E-state index contributed by atoms with van der Waals surface area (Å²) in [5.74, 6) is 0.0947. The zero-order chi connectivity index (χ0) is 14.5. The molecule has 1 aliphatic rings. The van der Waals surface area contributed by atoms with E-state index >= 15 is 0 Å². The molecule has 1 saturated heterocycles. The van der Waals surface area contributed by atoms with E-state index in [4.69, 9.17) is 4.74 Å². The molecule has 0 aromatic carbocycles. The molecule has 1 amide bonds. The van der Waals surface area contributed by atoms with Gasteiger partial charge < -0.3 is 15.0 Å². The van der Waals surface area contributed by atoms with Crippen molar-refractivity contribution in [3.8, 4) is 0 Å². The van der Waals surface area contributed by atoms with Gasteiger partial charge in [-0.25, -0.2) is 0 Å². The van der Waals surface area contributed by atoms with E-state index in [-0.39, 0.29) is 24.2 Å². The van der Waals surface area contributed by atoms with Crippen LogP contribution < -0.4 is 5.32 Å². The molecule has 4 heteroatoms. The molecule has 0 radical (unpaired) electrons. The summed E-state index contributed by atoms with van der Waals surface area (Å²) in [5, 5.41) is 3.50. The molecule has 0 bridgehead atoms. The van der Waals surface area contributed by atoms with E-state index in [1.807, 2.05) is 25.7 Å². The molecule has 0 aliphatic carbocycles. The number of nitrogens with zero attached hydrogens (tertiary/aromatic N) is 1. The molecule has 1 rings (SSSR count). The molecular weight excluding hydrogens is 240 g/mol. The number of ether oxygens (including phenoxy) is 1. The maximum atomic E-state index is 12.3. The van der Waals surface area contributed by atoms with Crippen LogP contribution in [0.2, 0.25) is 0 Å². The van der Waals surface area contributed by atoms with E-state index in [0.717, 1.165) is 19.5 Å². The van der Waals surface area contributed by atoms with Crippen LogP contribution >= 0.6 is 0 Å². The number of carbonyl (C=O) groups excluding carboxylic acids is 1. The second-order valence-electron chi connectivity index (χ2n) is 6.69. The van der Waals surface area contributed by atoms with Gasteiger partial charge in [0, 0.05) is 18.6 Å². The van der Waals surface area contributed by atoms with Gasteiger partial charge in [-0.15, -0.1) is 0 Å². The molecule has 1 atom stereocenters. The summed E-state index contributed by atoms with van der Waals surface area (Å²) >= 11 is 0. The normalized spacial score (nSPS) is 20.6. The van der Waals surface area contributed by atoms with Crippen molar-refractivity contribution < 1.29 is 9.53 Å². The van der Waals surface area contributed by atoms with Crippen LogP contribution in [-0.2, 0) is 9.53 Å². The molecule has 0 spiro atoms. The lowest BCUT2D eigenvalue weighted by atomic mass is 10.0. The lowest BCUT2D eigenvalue weighted by Crippen LogP contribution is -2.49. The Balaban J connectivity index is 2.48. The fourth-order valence-electron chi connectivity index (χ4n) is 2.28. The van der Waals surface area contributed by atoms with E-state index in [9.17, 15) is 4.79 Å². The van der Waals surface area contributed by atoms with Gasteiger partial charge in [-0.3, -0.25) is 4.79 Å². The topological polar surface area (TPSA) is 41.6 Å². The molecule has 0 aromatic heterocycles. The number of piperidine rings is 1. The van der Waals surface area contributed by atoms with Gasteiger partial charge in [-0.2, -0.15) is 0 Å². The lowest BCUT2D eigenvalue weighted by Gasteiger charge is -2.34. The van der Waals surface area contributed by atoms with Gasteiger partial charge in [0.2, 0.25) is 5.91 Å². The monoisotopic (exact) mass is 270 g/mol. The maximum Gasteiger partial charge on any atom is 0.248 e. The van der Waals surface area contributed by atoms with Crippen LogP contribution in [-0.4, -0.2) is 48.2 Å². The SMILES string of the molecule is CC(C)N(CC1CCCCN1)C(=O)COC(C)(C)C. The van der Waals surface area contributed by atoms with Gasteiger partial charge in [-0.05, 0) is 54.0 Å². The van der Waals surface area contributed by atoms with Crippen molar-refractivity contribution in [3.05, 3.63) is 0 Å². The second-order valence-corrected chi connectivity index (χ2v) is 6.69. The van der Waals surface area contributed by atoms with E-state index in [1.165, 1.54) is 12.8 Å². The standard InChI is InChI=1S/C15H30N2O2/c1-12(2)17(10-13-8-6-7-9-16-13)14(18)11-19-15(3,4)5/h12-13,16H,6-11H2,1-5H3. The van der Waals surface area contributed by atoms with Crippen molar-refractivity contribution in [2.24, 2.45) is 0 Å². The highest BCUT2D eigenvalue weighted by molar-refractivity contribution is 5.77. The first kappa shape index (κ1) is 16.4. The minimum atomic E-state index is -0.263. The quantitative estimate of drug-likeness (QED) is 0.832. The van der Waals surface area contributed by atoms with Crippen LogP contribution in [0, 0.1) is 0 Å². The Morgan fingerprint density at radius 1 is 1.37 bits per heavy atom. The fraction of sp³-hybridized carbons (Fsp3) is 0.933. The van der Waals surface area contributed by atoms with Crippen molar-refractivity contribution >= 4 is 5.91 Å². The van der Waals surface area contributed by atoms with Crippen molar-refractivity contribution in [2.75, 3.05) is 19.7 Å². The van der Waals surface area contributed by atoms with Crippen LogP contribution in [0.1, 0.15) is 53.9 Å². The Bertz CT molecular complexity index is 278.